The van der Waals surface area contributed by atoms with E-state index in [4.69, 9.17) is 5.73 Å². The lowest BCUT2D eigenvalue weighted by Gasteiger charge is -1.92. The van der Waals surface area contributed by atoms with Crippen molar-refractivity contribution in [3.63, 3.8) is 0 Å². The summed E-state index contributed by atoms with van der Waals surface area (Å²) in [6.45, 7) is 5.48. The van der Waals surface area contributed by atoms with E-state index >= 15 is 0 Å². The summed E-state index contributed by atoms with van der Waals surface area (Å²) in [5.41, 5.74) is 5.90. The quantitative estimate of drug-likeness (QED) is 0.559. The fourth-order valence-electron chi connectivity index (χ4n) is 2.01. The monoisotopic (exact) mass is 425 g/mol. The number of allylic oxidation sites excluding steroid dienone is 2. The average Bonchev–Trinajstić information content (AvgIpc) is 3.29. The molecule has 0 spiro atoms. The molecular weight excluding hydrogens is 394 g/mol. The lowest BCUT2D eigenvalue weighted by molar-refractivity contribution is -0.121. The summed E-state index contributed by atoms with van der Waals surface area (Å²) in [6.07, 6.45) is 10.4. The van der Waals surface area contributed by atoms with Crippen molar-refractivity contribution in [1.29, 1.82) is 0 Å². The van der Waals surface area contributed by atoms with Crippen LogP contribution in [0.4, 0.5) is 0 Å². The van der Waals surface area contributed by atoms with Gasteiger partial charge in [0.1, 0.15) is 11.6 Å². The molecule has 1 amide bonds. The van der Waals surface area contributed by atoms with Crippen molar-refractivity contribution in [3.05, 3.63) is 66.3 Å². The molecule has 0 aliphatic carbocycles. The predicted molar refractivity (Wildman–Crippen MR) is 123 cm³/mol. The number of ketones is 3. The first kappa shape index (κ1) is 27.4. The summed E-state index contributed by atoms with van der Waals surface area (Å²) < 4.78 is 0. The van der Waals surface area contributed by atoms with E-state index in [1.54, 1.807) is 24.5 Å². The number of carbonyl (C=O) groups is 4. The van der Waals surface area contributed by atoms with Gasteiger partial charge in [-0.2, -0.15) is 0 Å². The van der Waals surface area contributed by atoms with Crippen molar-refractivity contribution >= 4 is 35.4 Å². The third-order valence-corrected chi connectivity index (χ3v) is 3.55. The van der Waals surface area contributed by atoms with Crippen LogP contribution in [0.15, 0.2) is 54.9 Å². The molecule has 2 rings (SSSR count). The van der Waals surface area contributed by atoms with Crippen molar-refractivity contribution in [1.82, 2.24) is 9.97 Å². The number of rotatable bonds is 10. The standard InChI is InChI=1S/C12H13NO2.C10H12N2O2.C2H6/c13-12(15)9-8-11(14)7-6-10-4-2-1-3-5-10;1-8(13)2-3-9(14)4-5-10-11-6-7-12-10;1-2/h1-7H,8-9H2,(H2,13,15);4-7H,2-3H2,1H3,(H,11,12);1-2H3/b7-6+;5-4+;. The molecule has 166 valence electrons. The van der Waals surface area contributed by atoms with E-state index < -0.39 is 5.91 Å². The number of aromatic nitrogens is 2. The first-order chi connectivity index (χ1) is 14.9. The van der Waals surface area contributed by atoms with Gasteiger partial charge in [0.05, 0.1) is 0 Å². The Morgan fingerprint density at radius 1 is 0.903 bits per heavy atom. The number of nitrogens with zero attached hydrogens (tertiary/aromatic N) is 1. The van der Waals surface area contributed by atoms with Gasteiger partial charge >= 0.3 is 0 Å². The molecule has 0 unspecified atom stereocenters. The van der Waals surface area contributed by atoms with Crippen LogP contribution < -0.4 is 5.73 Å². The van der Waals surface area contributed by atoms with Gasteiger partial charge in [0.25, 0.3) is 0 Å². The second-order valence-electron chi connectivity index (χ2n) is 6.15. The number of hydrogen-bond donors (Lipinski definition) is 2. The normalized spacial score (nSPS) is 10.0. The van der Waals surface area contributed by atoms with E-state index in [1.807, 2.05) is 44.2 Å². The fourth-order valence-corrected chi connectivity index (χ4v) is 2.01. The molecular formula is C24H31N3O4. The summed E-state index contributed by atoms with van der Waals surface area (Å²) in [5, 5.41) is 0. The maximum atomic E-state index is 11.2. The molecule has 0 atom stereocenters. The third kappa shape index (κ3) is 15.9. The third-order valence-electron chi connectivity index (χ3n) is 3.55. The van der Waals surface area contributed by atoms with Gasteiger partial charge < -0.3 is 15.5 Å². The molecule has 0 saturated carbocycles. The Balaban J connectivity index is 0.000000539. The number of primary amides is 1. The SMILES string of the molecule is CC.CC(=O)CCC(=O)/C=C/c1ncc[nH]1.NC(=O)CCC(=O)/C=C/c1ccccc1. The molecule has 0 bridgehead atoms. The van der Waals surface area contributed by atoms with Gasteiger partial charge in [-0.3, -0.25) is 14.4 Å². The molecule has 1 heterocycles. The Bertz CT molecular complexity index is 854. The van der Waals surface area contributed by atoms with Crippen LogP contribution in [0.2, 0.25) is 0 Å². The van der Waals surface area contributed by atoms with Crippen LogP contribution in [0.3, 0.4) is 0 Å². The van der Waals surface area contributed by atoms with Crippen molar-refractivity contribution in [2.24, 2.45) is 5.73 Å². The summed E-state index contributed by atoms with van der Waals surface area (Å²) in [6, 6.07) is 9.50. The van der Waals surface area contributed by atoms with Crippen molar-refractivity contribution in [2.75, 3.05) is 0 Å². The summed E-state index contributed by atoms with van der Waals surface area (Å²) in [4.78, 5) is 50.2. The summed E-state index contributed by atoms with van der Waals surface area (Å²) >= 11 is 0. The Morgan fingerprint density at radius 2 is 1.48 bits per heavy atom. The highest BCUT2D eigenvalue weighted by atomic mass is 16.1. The van der Waals surface area contributed by atoms with Gasteiger partial charge in [0.2, 0.25) is 5.91 Å². The largest absolute Gasteiger partial charge is 0.370 e. The summed E-state index contributed by atoms with van der Waals surface area (Å²) in [7, 11) is 0. The number of aromatic amines is 1. The first-order valence-electron chi connectivity index (χ1n) is 10.1. The van der Waals surface area contributed by atoms with Gasteiger partial charge in [-0.15, -0.1) is 0 Å². The van der Waals surface area contributed by atoms with Crippen LogP contribution >= 0.6 is 0 Å². The maximum Gasteiger partial charge on any atom is 0.217 e. The Hall–Kier alpha value is -3.61. The van der Waals surface area contributed by atoms with E-state index in [9.17, 15) is 19.2 Å². The average molecular weight is 426 g/mol. The number of imidazole rings is 1. The number of H-pyrrole nitrogens is 1. The Labute approximate surface area is 183 Å². The number of carbonyl (C=O) groups excluding carboxylic acids is 4. The topological polar surface area (TPSA) is 123 Å². The minimum absolute atomic E-state index is 0.0322. The molecule has 31 heavy (non-hydrogen) atoms. The number of Topliss-reactive ketones (excluding diaryl/α,β-unsaturated/α-hetero) is 1. The predicted octanol–water partition coefficient (Wildman–Crippen LogP) is 3.92. The van der Waals surface area contributed by atoms with Crippen LogP contribution in [-0.4, -0.2) is 33.2 Å². The Morgan fingerprint density at radius 3 is 2.00 bits per heavy atom. The molecule has 0 radical (unpaired) electrons. The highest BCUT2D eigenvalue weighted by Crippen LogP contribution is 2.02. The number of nitrogens with two attached hydrogens (primary N) is 1. The number of amides is 1. The zero-order valence-corrected chi connectivity index (χ0v) is 18.3. The summed E-state index contributed by atoms with van der Waals surface area (Å²) in [5.74, 6) is 0.0802. The zero-order valence-electron chi connectivity index (χ0n) is 18.3. The van der Waals surface area contributed by atoms with E-state index in [-0.39, 0.29) is 36.6 Å². The number of hydrogen-bond acceptors (Lipinski definition) is 5. The zero-order chi connectivity index (χ0) is 23.5. The van der Waals surface area contributed by atoms with Gasteiger partial charge in [-0.25, -0.2) is 4.98 Å². The van der Waals surface area contributed by atoms with Gasteiger partial charge in [-0.1, -0.05) is 50.3 Å². The second-order valence-corrected chi connectivity index (χ2v) is 6.15. The lowest BCUT2D eigenvalue weighted by Crippen LogP contribution is -2.11. The van der Waals surface area contributed by atoms with Gasteiger partial charge in [0.15, 0.2) is 11.6 Å². The number of nitrogens with one attached hydrogen (secondary N) is 1. The molecule has 0 saturated heterocycles. The highest BCUT2D eigenvalue weighted by Gasteiger charge is 2.00. The van der Waals surface area contributed by atoms with Crippen LogP contribution in [0.5, 0.6) is 0 Å². The van der Waals surface area contributed by atoms with Crippen LogP contribution in [0, 0.1) is 0 Å². The van der Waals surface area contributed by atoms with Crippen LogP contribution in [0.1, 0.15) is 57.8 Å². The maximum absolute atomic E-state index is 11.2. The van der Waals surface area contributed by atoms with E-state index in [0.29, 0.717) is 12.2 Å². The second kappa shape index (κ2) is 17.3. The minimum Gasteiger partial charge on any atom is -0.370 e. The molecule has 3 N–H and O–H groups in total. The van der Waals surface area contributed by atoms with Gasteiger partial charge in [0, 0.05) is 38.1 Å². The molecule has 2 aromatic rings. The van der Waals surface area contributed by atoms with E-state index in [2.05, 4.69) is 9.97 Å². The molecule has 0 fully saturated rings. The Kier molecular flexibility index (Phi) is 15.3. The minimum atomic E-state index is -0.448. The number of benzene rings is 1. The molecule has 1 aromatic heterocycles. The van der Waals surface area contributed by atoms with Crippen molar-refractivity contribution in [3.8, 4) is 0 Å². The molecule has 1 aromatic carbocycles. The first-order valence-corrected chi connectivity index (χ1v) is 10.1. The van der Waals surface area contributed by atoms with Gasteiger partial charge in [-0.05, 0) is 30.7 Å². The lowest BCUT2D eigenvalue weighted by atomic mass is 10.1. The molecule has 0 aliphatic heterocycles. The van der Waals surface area contributed by atoms with E-state index in [1.165, 1.54) is 19.1 Å². The molecule has 7 heteroatoms. The fraction of sp³-hybridized carbons (Fsp3) is 0.292. The van der Waals surface area contributed by atoms with Crippen molar-refractivity contribution in [2.45, 2.75) is 46.5 Å². The van der Waals surface area contributed by atoms with E-state index in [0.717, 1.165) is 5.56 Å². The van der Waals surface area contributed by atoms with Crippen LogP contribution in [-0.2, 0) is 19.2 Å². The molecule has 0 aliphatic rings. The molecule has 7 nitrogen and oxygen atoms in total. The highest BCUT2D eigenvalue weighted by molar-refractivity contribution is 5.96. The van der Waals surface area contributed by atoms with Crippen molar-refractivity contribution < 1.29 is 19.2 Å². The van der Waals surface area contributed by atoms with Crippen LogP contribution in [0.25, 0.3) is 12.2 Å². The smallest absolute Gasteiger partial charge is 0.217 e.